The van der Waals surface area contributed by atoms with Crippen LogP contribution in [0.15, 0.2) is 107 Å². The van der Waals surface area contributed by atoms with Crippen LogP contribution < -0.4 is 50.8 Å². The van der Waals surface area contributed by atoms with Gasteiger partial charge in [-0.15, -0.1) is 0 Å². The third kappa shape index (κ3) is 23.2. The summed E-state index contributed by atoms with van der Waals surface area (Å²) in [4.78, 5) is 52.2. The van der Waals surface area contributed by atoms with Gasteiger partial charge in [-0.2, -0.15) is 11.8 Å². The van der Waals surface area contributed by atoms with Crippen LogP contribution in [0.4, 0.5) is 9.59 Å². The summed E-state index contributed by atoms with van der Waals surface area (Å²) in [5, 5.41) is 39.9. The molecule has 2 heterocycles. The Morgan fingerprint density at radius 1 is 0.557 bits per heavy atom. The number of amides is 4. The topological polar surface area (TPSA) is 339 Å². The lowest BCUT2D eigenvalue weighted by molar-refractivity contribution is -0.126. The first-order chi connectivity index (χ1) is 40.8. The molecule has 6 rings (SSSR count). The molecule has 0 saturated carbocycles. The van der Waals surface area contributed by atoms with E-state index < -0.39 is 117 Å². The maximum atomic E-state index is 13.7. The summed E-state index contributed by atoms with van der Waals surface area (Å²) in [7, 11) is -11.7. The minimum absolute atomic E-state index is 0.00416. The van der Waals surface area contributed by atoms with E-state index in [1.807, 2.05) is 73.8 Å². The highest BCUT2D eigenvalue weighted by atomic mass is 32.2. The van der Waals surface area contributed by atoms with E-state index in [1.165, 1.54) is 62.0 Å². The number of rotatable bonds is 28. The summed E-state index contributed by atoms with van der Waals surface area (Å²) in [5.74, 6) is -1.43. The highest BCUT2D eigenvalue weighted by Gasteiger charge is 2.41. The number of nitrogens with one attached hydrogen (secondary N) is 6. The first-order valence-electron chi connectivity index (χ1n) is 28.4. The normalized spacial score (nSPS) is 16.5. The van der Waals surface area contributed by atoms with E-state index in [4.69, 9.17) is 28.4 Å². The van der Waals surface area contributed by atoms with Gasteiger partial charge in [-0.3, -0.25) is 20.2 Å². The van der Waals surface area contributed by atoms with Gasteiger partial charge in [0.2, 0.25) is 25.4 Å². The molecule has 28 heteroatoms. The predicted molar refractivity (Wildman–Crippen MR) is 334 cm³/mol. The van der Waals surface area contributed by atoms with Crippen LogP contribution in [0.1, 0.15) is 93.2 Å². The van der Waals surface area contributed by atoms with Crippen LogP contribution in [-0.2, 0) is 61.4 Å². The van der Waals surface area contributed by atoms with E-state index in [-0.39, 0.29) is 55.1 Å². The van der Waals surface area contributed by atoms with Crippen molar-refractivity contribution in [2.75, 3.05) is 62.2 Å². The Hall–Kier alpha value is -6.40. The fraction of sp³-hybridized carbons (Fsp3) is 0.533. The highest BCUT2D eigenvalue weighted by molar-refractivity contribution is 7.98. The minimum atomic E-state index is -4.00. The number of hydrogen-bond donors (Lipinski definition) is 8. The van der Waals surface area contributed by atoms with Crippen molar-refractivity contribution in [2.24, 2.45) is 0 Å². The van der Waals surface area contributed by atoms with Crippen molar-refractivity contribution in [3.63, 3.8) is 0 Å². The number of hydrogen-bond acceptors (Lipinski definition) is 21. The summed E-state index contributed by atoms with van der Waals surface area (Å²) in [5.41, 5.74) is -5.86. The van der Waals surface area contributed by atoms with Crippen LogP contribution in [0.3, 0.4) is 0 Å². The quantitative estimate of drug-likeness (QED) is 0.0339. The molecule has 4 amide bonds. The summed E-state index contributed by atoms with van der Waals surface area (Å²) in [6.07, 6.45) is 2.21. The zero-order valence-electron chi connectivity index (χ0n) is 51.9. The van der Waals surface area contributed by atoms with Gasteiger partial charge >= 0.3 is 12.2 Å². The maximum absolute atomic E-state index is 13.7. The van der Waals surface area contributed by atoms with Crippen LogP contribution in [0.2, 0.25) is 0 Å². The molecular weight excluding hydrogens is 1220 g/mol. The third-order valence-corrected chi connectivity index (χ3v) is 19.0. The Labute approximate surface area is 521 Å². The predicted octanol–water partition coefficient (Wildman–Crippen LogP) is 5.18. The molecule has 0 aliphatic carbocycles. The second-order valence-electron chi connectivity index (χ2n) is 24.4. The Morgan fingerprint density at radius 3 is 1.27 bits per heavy atom. The Kier molecular flexibility index (Phi) is 24.6. The molecule has 2 aliphatic heterocycles. The lowest BCUT2D eigenvalue weighted by Gasteiger charge is -2.39. The number of ether oxygens (including phenoxy) is 6. The molecule has 0 radical (unpaired) electrons. The van der Waals surface area contributed by atoms with E-state index in [9.17, 15) is 54.6 Å². The van der Waals surface area contributed by atoms with E-state index in [2.05, 4.69) is 31.9 Å². The number of fused-ring (bicyclic) bond motifs is 2. The van der Waals surface area contributed by atoms with Crippen molar-refractivity contribution in [3.8, 4) is 23.0 Å². The molecule has 8 N–H and O–H groups in total. The van der Waals surface area contributed by atoms with Gasteiger partial charge in [0.25, 0.3) is 0 Å². The van der Waals surface area contributed by atoms with Crippen molar-refractivity contribution in [3.05, 3.63) is 108 Å². The molecule has 488 valence electrons. The van der Waals surface area contributed by atoms with Gasteiger partial charge in [0.05, 0.1) is 49.6 Å². The zero-order valence-corrected chi connectivity index (χ0v) is 55.2. The molecule has 4 aromatic rings. The molecule has 0 fully saturated rings. The second-order valence-corrected chi connectivity index (χ2v) is 31.4. The largest absolute Gasteiger partial charge is 0.454 e. The van der Waals surface area contributed by atoms with Gasteiger partial charge in [-0.25, -0.2) is 34.8 Å². The first kappa shape index (κ1) is 72.3. The van der Waals surface area contributed by atoms with Crippen molar-refractivity contribution >= 4 is 65.3 Å². The fourth-order valence-corrected chi connectivity index (χ4v) is 13.9. The lowest BCUT2D eigenvalue weighted by atomic mass is 9.95. The highest BCUT2D eigenvalue weighted by Crippen LogP contribution is 2.36. The van der Waals surface area contributed by atoms with Crippen LogP contribution in [-0.4, -0.2) is 167 Å². The molecule has 6 atom stereocenters. The third-order valence-electron chi connectivity index (χ3n) is 13.5. The van der Waals surface area contributed by atoms with E-state index in [1.54, 1.807) is 48.5 Å². The molecular formula is C60H86N6O18S4. The van der Waals surface area contributed by atoms with Crippen molar-refractivity contribution in [2.45, 2.75) is 151 Å². The Balaban J connectivity index is 0.000000321. The van der Waals surface area contributed by atoms with Gasteiger partial charge in [0.15, 0.2) is 42.7 Å². The fourth-order valence-electron chi connectivity index (χ4n) is 9.20. The average molecular weight is 1310 g/mol. The molecule has 0 aromatic heterocycles. The van der Waals surface area contributed by atoms with Crippen LogP contribution in [0.25, 0.3) is 0 Å². The van der Waals surface area contributed by atoms with Gasteiger partial charge in [0.1, 0.15) is 33.1 Å². The van der Waals surface area contributed by atoms with Gasteiger partial charge < -0.3 is 59.9 Å². The minimum Gasteiger partial charge on any atom is -0.454 e. The Morgan fingerprint density at radius 2 is 0.920 bits per heavy atom. The monoisotopic (exact) mass is 1310 g/mol. The van der Waals surface area contributed by atoms with Gasteiger partial charge in [-0.05, 0) is 110 Å². The summed E-state index contributed by atoms with van der Waals surface area (Å²) >= 11 is 1.39. The lowest BCUT2D eigenvalue weighted by Crippen LogP contribution is -2.66. The zero-order chi connectivity index (χ0) is 65.6. The molecule has 0 unspecified atom stereocenters. The van der Waals surface area contributed by atoms with E-state index >= 15 is 0 Å². The summed E-state index contributed by atoms with van der Waals surface area (Å²) < 4.78 is 109. The number of benzene rings is 4. The standard InChI is InChI=1S/C30H43N3O10S2.C30H43N3O8S2/c1-7-30(16-21-11-9-8-10-12-21,33-26(34)23(17-44(6,37)38)32-27(35)43-28(2,3)4)31-18-29(5,36)19-45(39,40)22-13-14-24-25(15-22)42-20-41-24;1-7-30(16-21-11-9-8-10-12-21,33-26(34)23(17-42-6)32-27(35)41-28(2,3)4)31-18-29(5,36)19-43(37,38)22-13-14-24-25(15-22)40-20-39-24/h8-15,23,31,36H,7,16-20H2,1-6H3,(H,32,35)(H,33,34);8-15,23,31,36H,7,16-20H2,1-6H3,(H,32,35)(H,33,34)/t2*23-,29-,30+/m11/s1. The molecule has 2 aliphatic rings. The number of carbonyl (C=O) groups is 4. The number of thioether (sulfide) groups is 1. The SMILES string of the molecule is CC[C@](Cc1ccccc1)(NC[C@@](C)(O)CS(=O)(=O)c1ccc2c(c1)OCO2)NC(=O)[C@@H](CS(C)(=O)=O)NC(=O)OC(C)(C)C.CC[C@](Cc1ccccc1)(NC[C@@](C)(O)CS(=O)(=O)c1ccc2c(c1)OCO2)NC(=O)[C@@H](CSC)NC(=O)OC(C)(C)C. The second kappa shape index (κ2) is 29.9. The molecule has 4 aromatic carbocycles. The maximum Gasteiger partial charge on any atom is 0.408 e. The van der Waals surface area contributed by atoms with Crippen molar-refractivity contribution < 1.29 is 83.1 Å². The van der Waals surface area contributed by atoms with E-state index in [0.717, 1.165) is 17.4 Å². The van der Waals surface area contributed by atoms with Crippen molar-refractivity contribution in [1.82, 2.24) is 31.9 Å². The van der Waals surface area contributed by atoms with Crippen LogP contribution >= 0.6 is 11.8 Å². The molecule has 88 heavy (non-hydrogen) atoms. The average Bonchev–Trinajstić information content (AvgIpc) is 1.94. The number of alkyl carbamates (subject to hydrolysis) is 2. The summed E-state index contributed by atoms with van der Waals surface area (Å²) in [6.45, 7) is 16.1. The molecule has 24 nitrogen and oxygen atoms in total. The smallest absolute Gasteiger partial charge is 0.408 e. The number of sulfone groups is 3. The molecule has 0 spiro atoms. The molecule has 0 saturated heterocycles. The number of carbonyl (C=O) groups excluding carboxylic acids is 4. The summed E-state index contributed by atoms with van der Waals surface area (Å²) in [6, 6.07) is 24.7. The van der Waals surface area contributed by atoms with E-state index in [0.29, 0.717) is 35.8 Å². The van der Waals surface area contributed by atoms with Crippen molar-refractivity contribution in [1.29, 1.82) is 0 Å². The first-order valence-corrected chi connectivity index (χ1v) is 35.1. The molecule has 0 bridgehead atoms. The number of aliphatic hydroxyl groups is 2. The van der Waals surface area contributed by atoms with Crippen LogP contribution in [0.5, 0.6) is 23.0 Å². The Bertz CT molecular complexity index is 3380. The van der Waals surface area contributed by atoms with Gasteiger partial charge in [0, 0.05) is 50.1 Å². The van der Waals surface area contributed by atoms with Crippen LogP contribution in [0, 0.1) is 0 Å². The van der Waals surface area contributed by atoms with Gasteiger partial charge in [-0.1, -0.05) is 74.5 Å².